The highest BCUT2D eigenvalue weighted by atomic mass is 16.5. The van der Waals surface area contributed by atoms with Crippen molar-refractivity contribution >= 4 is 29.5 Å². The Morgan fingerprint density at radius 3 is 2.47 bits per heavy atom. The molecule has 0 radical (unpaired) electrons. The minimum Gasteiger partial charge on any atom is -0.391 e. The molecule has 0 aromatic heterocycles. The van der Waals surface area contributed by atoms with Gasteiger partial charge in [-0.05, 0) is 11.5 Å². The Bertz CT molecular complexity index is 1150. The van der Waals surface area contributed by atoms with Crippen LogP contribution in [0.25, 0.3) is 0 Å². The van der Waals surface area contributed by atoms with Gasteiger partial charge in [-0.15, -0.1) is 0 Å². The fourth-order valence-electron chi connectivity index (χ4n) is 5.67. The predicted molar refractivity (Wildman–Crippen MR) is 156 cm³/mol. The second-order valence-electron chi connectivity index (χ2n) is 11.6. The number of nitrogens with zero attached hydrogens (tertiary/aromatic N) is 3. The van der Waals surface area contributed by atoms with Gasteiger partial charge in [0.15, 0.2) is 0 Å². The number of hydrogen-bond donors (Lipinski definition) is 4. The van der Waals surface area contributed by atoms with Crippen molar-refractivity contribution in [1.82, 2.24) is 30.7 Å². The lowest BCUT2D eigenvalue weighted by Gasteiger charge is -2.32. The third-order valence-electron chi connectivity index (χ3n) is 8.41. The number of carbonyl (C=O) groups excluding carboxylic acids is 5. The molecule has 4 rings (SSSR count). The van der Waals surface area contributed by atoms with Gasteiger partial charge in [0, 0.05) is 45.6 Å². The molecule has 5 amide bonds. The zero-order valence-corrected chi connectivity index (χ0v) is 25.0. The van der Waals surface area contributed by atoms with Gasteiger partial charge >= 0.3 is 0 Å². The first-order valence-corrected chi connectivity index (χ1v) is 15.1. The van der Waals surface area contributed by atoms with Crippen LogP contribution in [0.2, 0.25) is 0 Å². The maximum atomic E-state index is 13.9. The summed E-state index contributed by atoms with van der Waals surface area (Å²) in [7, 11) is 0. The molecule has 13 heteroatoms. The van der Waals surface area contributed by atoms with Crippen molar-refractivity contribution in [3.8, 4) is 0 Å². The van der Waals surface area contributed by atoms with Gasteiger partial charge in [0.2, 0.25) is 29.5 Å². The van der Waals surface area contributed by atoms with Crippen LogP contribution < -0.4 is 16.0 Å². The number of ether oxygens (including phenoxy) is 1. The first kappa shape index (κ1) is 32.4. The molecule has 43 heavy (non-hydrogen) atoms. The van der Waals surface area contributed by atoms with E-state index in [2.05, 4.69) is 16.0 Å². The van der Waals surface area contributed by atoms with Crippen LogP contribution in [-0.4, -0.2) is 133 Å². The van der Waals surface area contributed by atoms with Crippen LogP contribution >= 0.6 is 0 Å². The summed E-state index contributed by atoms with van der Waals surface area (Å²) in [5.74, 6) is -2.56. The molecular formula is C30H44N6O7. The lowest BCUT2D eigenvalue weighted by atomic mass is 9.97. The van der Waals surface area contributed by atoms with Crippen molar-refractivity contribution in [3.05, 3.63) is 35.9 Å². The maximum Gasteiger partial charge on any atom is 0.246 e. The number of morpholine rings is 1. The summed E-state index contributed by atoms with van der Waals surface area (Å²) < 4.78 is 5.37. The molecule has 0 unspecified atom stereocenters. The van der Waals surface area contributed by atoms with E-state index < -0.39 is 47.9 Å². The molecular weight excluding hydrogens is 556 g/mol. The monoisotopic (exact) mass is 600 g/mol. The van der Waals surface area contributed by atoms with Gasteiger partial charge in [0.1, 0.15) is 18.1 Å². The topological polar surface area (TPSA) is 161 Å². The summed E-state index contributed by atoms with van der Waals surface area (Å²) in [6.45, 7) is 5.81. The van der Waals surface area contributed by atoms with Crippen LogP contribution in [0.1, 0.15) is 32.3 Å². The van der Waals surface area contributed by atoms with Gasteiger partial charge in [0.05, 0.1) is 32.4 Å². The molecule has 5 atom stereocenters. The highest BCUT2D eigenvalue weighted by molar-refractivity contribution is 5.95. The number of fused-ring (bicyclic) bond motifs is 1. The Balaban J connectivity index is 1.62. The molecule has 0 saturated carbocycles. The van der Waals surface area contributed by atoms with Crippen molar-refractivity contribution in [2.45, 2.75) is 57.3 Å². The lowest BCUT2D eigenvalue weighted by Crippen LogP contribution is -2.58. The number of aliphatic hydroxyl groups excluding tert-OH is 1. The van der Waals surface area contributed by atoms with Crippen molar-refractivity contribution in [1.29, 1.82) is 0 Å². The molecule has 236 valence electrons. The highest BCUT2D eigenvalue weighted by Gasteiger charge is 2.43. The molecule has 0 spiro atoms. The second-order valence-corrected chi connectivity index (χ2v) is 11.6. The van der Waals surface area contributed by atoms with Crippen LogP contribution in [0.5, 0.6) is 0 Å². The Labute approximate surface area is 252 Å². The molecule has 1 aromatic rings. The fourth-order valence-corrected chi connectivity index (χ4v) is 5.67. The predicted octanol–water partition coefficient (Wildman–Crippen LogP) is -1.50. The summed E-state index contributed by atoms with van der Waals surface area (Å²) in [4.78, 5) is 72.1. The molecule has 3 heterocycles. The largest absolute Gasteiger partial charge is 0.391 e. The average Bonchev–Trinajstić information content (AvgIpc) is 3.40. The van der Waals surface area contributed by atoms with E-state index in [1.807, 2.05) is 49.1 Å². The van der Waals surface area contributed by atoms with Gasteiger partial charge in [-0.25, -0.2) is 0 Å². The molecule has 3 aliphatic rings. The van der Waals surface area contributed by atoms with E-state index in [-0.39, 0.29) is 57.4 Å². The molecule has 0 bridgehead atoms. The number of nitrogens with one attached hydrogen (secondary N) is 3. The SMILES string of the molecule is CC[C@H](C)[C@@H]1NC(=O)CN(C(=O)CN2CCOCC2)CCNC(=O)[C@H](Cc2ccccc2)NC(=O)[C@@H]2C[C@@H](O)CN2C1=O. The van der Waals surface area contributed by atoms with E-state index in [1.54, 1.807) is 0 Å². The van der Waals surface area contributed by atoms with E-state index in [1.165, 1.54) is 9.80 Å². The fraction of sp³-hybridized carbons (Fsp3) is 0.633. The van der Waals surface area contributed by atoms with Crippen LogP contribution in [0.3, 0.4) is 0 Å². The summed E-state index contributed by atoms with van der Waals surface area (Å²) >= 11 is 0. The number of amides is 5. The molecule has 3 aliphatic heterocycles. The van der Waals surface area contributed by atoms with E-state index >= 15 is 0 Å². The summed E-state index contributed by atoms with van der Waals surface area (Å²) in [5, 5.41) is 18.9. The number of rotatable bonds is 6. The smallest absolute Gasteiger partial charge is 0.246 e. The minimum absolute atomic E-state index is 0.0161. The standard InChI is InChI=1S/C30H44N6O7/c1-3-20(2)27-30(42)36-17-22(37)16-24(36)29(41)32-23(15-21-7-5-4-6-8-21)28(40)31-9-10-35(18-25(38)33-27)26(39)19-34-11-13-43-14-12-34/h4-8,20,22-24,27,37H,3,9-19H2,1-2H3,(H,31,40)(H,32,41)(H,33,38)/t20-,22+,23-,24-,27-/m0/s1. The Morgan fingerprint density at radius 1 is 1.05 bits per heavy atom. The minimum atomic E-state index is -1.01. The van der Waals surface area contributed by atoms with Crippen LogP contribution in [-0.2, 0) is 35.1 Å². The van der Waals surface area contributed by atoms with Gasteiger partial charge in [-0.2, -0.15) is 0 Å². The maximum absolute atomic E-state index is 13.9. The number of aliphatic hydroxyl groups is 1. The van der Waals surface area contributed by atoms with Gasteiger partial charge in [-0.3, -0.25) is 28.9 Å². The second kappa shape index (κ2) is 15.3. The Morgan fingerprint density at radius 2 is 1.77 bits per heavy atom. The molecule has 3 fully saturated rings. The first-order valence-electron chi connectivity index (χ1n) is 15.1. The van der Waals surface area contributed by atoms with Gasteiger partial charge in [-0.1, -0.05) is 50.6 Å². The summed E-state index contributed by atoms with van der Waals surface area (Å²) in [6, 6.07) is 6.31. The van der Waals surface area contributed by atoms with Crippen molar-refractivity contribution in [2.75, 3.05) is 59.0 Å². The van der Waals surface area contributed by atoms with Crippen LogP contribution in [0.4, 0.5) is 0 Å². The van der Waals surface area contributed by atoms with Crippen molar-refractivity contribution < 1.29 is 33.8 Å². The highest BCUT2D eigenvalue weighted by Crippen LogP contribution is 2.22. The van der Waals surface area contributed by atoms with Crippen LogP contribution in [0, 0.1) is 5.92 Å². The summed E-state index contributed by atoms with van der Waals surface area (Å²) in [5.41, 5.74) is 0.828. The van der Waals surface area contributed by atoms with Gasteiger partial charge in [0.25, 0.3) is 0 Å². The third kappa shape index (κ3) is 8.74. The van der Waals surface area contributed by atoms with E-state index in [0.29, 0.717) is 32.7 Å². The molecule has 1 aromatic carbocycles. The average molecular weight is 601 g/mol. The number of carbonyl (C=O) groups is 5. The number of benzene rings is 1. The zero-order chi connectivity index (χ0) is 30.9. The third-order valence-corrected chi connectivity index (χ3v) is 8.41. The normalized spacial score (nSPS) is 27.3. The van der Waals surface area contributed by atoms with E-state index in [0.717, 1.165) is 5.56 Å². The van der Waals surface area contributed by atoms with Crippen molar-refractivity contribution in [3.63, 3.8) is 0 Å². The van der Waals surface area contributed by atoms with Gasteiger partial charge < -0.3 is 35.6 Å². The molecule has 4 N–H and O–H groups in total. The van der Waals surface area contributed by atoms with E-state index in [9.17, 15) is 29.1 Å². The van der Waals surface area contributed by atoms with Crippen molar-refractivity contribution in [2.24, 2.45) is 5.92 Å². The molecule has 0 aliphatic carbocycles. The number of hydrogen-bond acceptors (Lipinski definition) is 8. The Kier molecular flexibility index (Phi) is 11.5. The van der Waals surface area contributed by atoms with Crippen LogP contribution in [0.15, 0.2) is 30.3 Å². The summed E-state index contributed by atoms with van der Waals surface area (Å²) in [6.07, 6.45) is -0.137. The Hall–Kier alpha value is -3.55. The molecule has 13 nitrogen and oxygen atoms in total. The van der Waals surface area contributed by atoms with E-state index in [4.69, 9.17) is 4.74 Å². The quantitative estimate of drug-likeness (QED) is 0.307. The molecule has 3 saturated heterocycles. The zero-order valence-electron chi connectivity index (χ0n) is 25.0. The lowest BCUT2D eigenvalue weighted by molar-refractivity contribution is -0.144. The first-order chi connectivity index (χ1) is 20.7.